The minimum absolute atomic E-state index is 0.0370. The number of carboxylic acids is 1. The van der Waals surface area contributed by atoms with Crippen LogP contribution < -0.4 is 0 Å². The maximum absolute atomic E-state index is 12.5. The molecule has 2 fully saturated rings. The summed E-state index contributed by atoms with van der Waals surface area (Å²) in [7, 11) is 0. The minimum Gasteiger partial charge on any atom is -0.481 e. The maximum atomic E-state index is 12.5. The molecule has 0 aliphatic heterocycles. The lowest BCUT2D eigenvalue weighted by Crippen LogP contribution is -2.55. The lowest BCUT2D eigenvalue weighted by atomic mass is 9.43. The number of fused-ring (bicyclic) bond motifs is 4. The number of rotatable bonds is 5. The molecule has 0 heterocycles. The largest absolute Gasteiger partial charge is 0.481 e. The van der Waals surface area contributed by atoms with E-state index in [9.17, 15) is 15.0 Å². The average Bonchev–Trinajstić information content (AvgIpc) is 3.00. The Bertz CT molecular complexity index is 862. The van der Waals surface area contributed by atoms with Gasteiger partial charge in [-0.25, -0.2) is 0 Å². The van der Waals surface area contributed by atoms with Crippen LogP contribution in [0.5, 0.6) is 0 Å². The molecule has 0 spiro atoms. The van der Waals surface area contributed by atoms with E-state index in [0.717, 1.165) is 57.8 Å². The van der Waals surface area contributed by atoms with Crippen molar-refractivity contribution in [3.63, 3.8) is 0 Å². The van der Waals surface area contributed by atoms with E-state index in [2.05, 4.69) is 54.5 Å². The third-order valence-electron chi connectivity index (χ3n) is 11.6. The van der Waals surface area contributed by atoms with Gasteiger partial charge in [-0.3, -0.25) is 4.79 Å². The first-order chi connectivity index (χ1) is 15.3. The highest BCUT2D eigenvalue weighted by atomic mass is 16.4. The number of carboxylic acid groups (broad SMARTS) is 1. The van der Waals surface area contributed by atoms with Gasteiger partial charge in [0, 0.05) is 0 Å². The molecule has 7 atom stereocenters. The monoisotopic (exact) mass is 456 g/mol. The highest BCUT2D eigenvalue weighted by molar-refractivity contribution is 5.70. The van der Waals surface area contributed by atoms with Gasteiger partial charge >= 0.3 is 5.97 Å². The first kappa shape index (κ1) is 25.0. The summed E-state index contributed by atoms with van der Waals surface area (Å²) in [6, 6.07) is 0. The van der Waals surface area contributed by atoms with Crippen molar-refractivity contribution in [1.29, 1.82) is 0 Å². The Kier molecular flexibility index (Phi) is 6.25. The third kappa shape index (κ3) is 3.58. The standard InChI is InChI=1S/C30H48O3/c1-19(2)9-8-10-20(26(32)33)21-13-17-30(7)23-11-12-24-27(3,4)25(31)15-16-28(24,5)22(23)14-18-29(21,30)6/h9,20-21,24-25,31H,8,10-18H2,1-7H3,(H,32,33)/t20-,21+,24+,25+,28-,29+,30-/m1/s1. The topological polar surface area (TPSA) is 57.5 Å². The first-order valence-electron chi connectivity index (χ1n) is 13.6. The molecular weight excluding hydrogens is 408 g/mol. The van der Waals surface area contributed by atoms with E-state index in [4.69, 9.17) is 0 Å². The van der Waals surface area contributed by atoms with Crippen LogP contribution in [0.25, 0.3) is 0 Å². The van der Waals surface area contributed by atoms with E-state index < -0.39 is 5.97 Å². The molecule has 33 heavy (non-hydrogen) atoms. The molecule has 4 aliphatic rings. The molecular formula is C30H48O3. The average molecular weight is 457 g/mol. The lowest BCUT2D eigenvalue weighted by Gasteiger charge is -2.62. The zero-order valence-corrected chi connectivity index (χ0v) is 22.3. The predicted octanol–water partition coefficient (Wildman–Crippen LogP) is 7.54. The van der Waals surface area contributed by atoms with Gasteiger partial charge in [0.05, 0.1) is 12.0 Å². The van der Waals surface area contributed by atoms with Gasteiger partial charge < -0.3 is 10.2 Å². The van der Waals surface area contributed by atoms with Crippen molar-refractivity contribution in [2.75, 3.05) is 0 Å². The number of aliphatic hydroxyl groups excluding tert-OH is 1. The predicted molar refractivity (Wildman–Crippen MR) is 135 cm³/mol. The SMILES string of the molecule is CC(C)=CCC[C@@H](C(=O)O)[C@@H]1CC[C@]2(C)C3=C(CC[C@@]12C)[C@@]1(C)CC[C@H](O)C(C)(C)[C@@H]1CC3. The number of aliphatic hydroxyl groups is 1. The van der Waals surface area contributed by atoms with E-state index in [1.165, 1.54) is 12.0 Å². The zero-order valence-electron chi connectivity index (χ0n) is 22.3. The quantitative estimate of drug-likeness (QED) is 0.420. The maximum Gasteiger partial charge on any atom is 0.306 e. The van der Waals surface area contributed by atoms with Crippen molar-refractivity contribution >= 4 is 5.97 Å². The van der Waals surface area contributed by atoms with E-state index >= 15 is 0 Å². The van der Waals surface area contributed by atoms with Gasteiger partial charge in [-0.15, -0.1) is 0 Å². The normalized spacial score (nSPS) is 42.7. The second-order valence-electron chi connectivity index (χ2n) is 13.5. The minimum atomic E-state index is -0.592. The number of carbonyl (C=O) groups is 1. The second-order valence-corrected chi connectivity index (χ2v) is 13.5. The Balaban J connectivity index is 1.69. The van der Waals surface area contributed by atoms with Crippen LogP contribution in [0.15, 0.2) is 22.8 Å². The smallest absolute Gasteiger partial charge is 0.306 e. The number of allylic oxidation sites excluding steroid dienone is 4. The molecule has 0 radical (unpaired) electrons. The van der Waals surface area contributed by atoms with Gasteiger partial charge in [-0.1, -0.05) is 57.4 Å². The highest BCUT2D eigenvalue weighted by Gasteiger charge is 2.64. The Morgan fingerprint density at radius 2 is 1.70 bits per heavy atom. The highest BCUT2D eigenvalue weighted by Crippen LogP contribution is 2.72. The molecule has 4 aliphatic carbocycles. The summed E-state index contributed by atoms with van der Waals surface area (Å²) in [6.45, 7) is 16.2. The van der Waals surface area contributed by atoms with E-state index in [0.29, 0.717) is 5.92 Å². The van der Waals surface area contributed by atoms with Crippen LogP contribution in [0.3, 0.4) is 0 Å². The van der Waals surface area contributed by atoms with Crippen LogP contribution in [0.2, 0.25) is 0 Å². The summed E-state index contributed by atoms with van der Waals surface area (Å²) in [4.78, 5) is 12.5. The molecule has 2 saturated carbocycles. The van der Waals surface area contributed by atoms with Crippen LogP contribution in [-0.2, 0) is 4.79 Å². The Morgan fingerprint density at radius 1 is 1.00 bits per heavy atom. The van der Waals surface area contributed by atoms with Crippen molar-refractivity contribution < 1.29 is 15.0 Å². The molecule has 0 bridgehead atoms. The molecule has 186 valence electrons. The molecule has 0 amide bonds. The van der Waals surface area contributed by atoms with Crippen LogP contribution in [0.1, 0.15) is 113 Å². The molecule has 0 aromatic heterocycles. The fraction of sp³-hybridized carbons (Fsp3) is 0.833. The molecule has 0 unspecified atom stereocenters. The fourth-order valence-electron chi connectivity index (χ4n) is 9.41. The van der Waals surface area contributed by atoms with Crippen molar-refractivity contribution in [2.45, 2.75) is 119 Å². The van der Waals surface area contributed by atoms with Gasteiger partial charge in [-0.2, -0.15) is 0 Å². The zero-order chi connectivity index (χ0) is 24.4. The van der Waals surface area contributed by atoms with Crippen molar-refractivity contribution in [1.82, 2.24) is 0 Å². The summed E-state index contributed by atoms with van der Waals surface area (Å²) in [5, 5.41) is 21.0. The lowest BCUT2D eigenvalue weighted by molar-refractivity contribution is -0.146. The summed E-state index contributed by atoms with van der Waals surface area (Å²) < 4.78 is 0. The van der Waals surface area contributed by atoms with Crippen LogP contribution in [0, 0.1) is 39.4 Å². The number of hydrogen-bond donors (Lipinski definition) is 2. The summed E-state index contributed by atoms with van der Waals surface area (Å²) in [6.07, 6.45) is 12.3. The first-order valence-corrected chi connectivity index (χ1v) is 13.6. The molecule has 4 rings (SSSR count). The molecule has 3 heteroatoms. The Hall–Kier alpha value is -1.09. The Labute approximate surface area is 202 Å². The molecule has 0 aromatic carbocycles. The van der Waals surface area contributed by atoms with E-state index in [-0.39, 0.29) is 39.6 Å². The van der Waals surface area contributed by atoms with Gasteiger partial charge in [0.1, 0.15) is 0 Å². The molecule has 2 N–H and O–H groups in total. The third-order valence-corrected chi connectivity index (χ3v) is 11.6. The summed E-state index contributed by atoms with van der Waals surface area (Å²) in [5.41, 5.74) is 5.00. The van der Waals surface area contributed by atoms with E-state index in [1.54, 1.807) is 11.1 Å². The van der Waals surface area contributed by atoms with Gasteiger partial charge in [0.25, 0.3) is 0 Å². The fourth-order valence-corrected chi connectivity index (χ4v) is 9.41. The van der Waals surface area contributed by atoms with Gasteiger partial charge in [0.2, 0.25) is 0 Å². The van der Waals surface area contributed by atoms with Crippen LogP contribution >= 0.6 is 0 Å². The molecule has 0 saturated heterocycles. The molecule has 0 aromatic rings. The Morgan fingerprint density at radius 3 is 2.33 bits per heavy atom. The van der Waals surface area contributed by atoms with Crippen LogP contribution in [-0.4, -0.2) is 22.3 Å². The van der Waals surface area contributed by atoms with Crippen molar-refractivity contribution in [3.8, 4) is 0 Å². The number of aliphatic carboxylic acids is 1. The van der Waals surface area contributed by atoms with Gasteiger partial charge in [-0.05, 0) is 112 Å². The van der Waals surface area contributed by atoms with Crippen LogP contribution in [0.4, 0.5) is 0 Å². The number of hydrogen-bond acceptors (Lipinski definition) is 2. The summed E-state index contributed by atoms with van der Waals surface area (Å²) >= 11 is 0. The molecule has 3 nitrogen and oxygen atoms in total. The van der Waals surface area contributed by atoms with Crippen molar-refractivity contribution in [2.24, 2.45) is 39.4 Å². The van der Waals surface area contributed by atoms with Gasteiger partial charge in [0.15, 0.2) is 0 Å². The summed E-state index contributed by atoms with van der Waals surface area (Å²) in [5.74, 6) is -0.0420. The van der Waals surface area contributed by atoms with Crippen molar-refractivity contribution in [3.05, 3.63) is 22.8 Å². The van der Waals surface area contributed by atoms with E-state index in [1.807, 2.05) is 0 Å². The second kappa shape index (κ2) is 8.25.